The summed E-state index contributed by atoms with van der Waals surface area (Å²) < 4.78 is 43.6. The van der Waals surface area contributed by atoms with Crippen molar-refractivity contribution in [1.29, 1.82) is 0 Å². The van der Waals surface area contributed by atoms with Crippen LogP contribution in [0.1, 0.15) is 17.0 Å². The number of benzene rings is 1. The van der Waals surface area contributed by atoms with E-state index in [0.717, 1.165) is 6.07 Å². The van der Waals surface area contributed by atoms with Gasteiger partial charge in [-0.1, -0.05) is 6.07 Å². The van der Waals surface area contributed by atoms with Crippen LogP contribution in [0, 0.1) is 0 Å². The van der Waals surface area contributed by atoms with E-state index in [4.69, 9.17) is 4.74 Å². The second-order valence-electron chi connectivity index (χ2n) is 3.78. The molecule has 1 atom stereocenters. The Morgan fingerprint density at radius 1 is 1.44 bits per heavy atom. The van der Waals surface area contributed by atoms with Gasteiger partial charge < -0.3 is 10.1 Å². The Kier molecular flexibility index (Phi) is 2.80. The van der Waals surface area contributed by atoms with Crippen LogP contribution in [0.4, 0.5) is 13.2 Å². The van der Waals surface area contributed by atoms with E-state index < -0.39 is 11.7 Å². The molecule has 16 heavy (non-hydrogen) atoms. The van der Waals surface area contributed by atoms with Gasteiger partial charge in [-0.15, -0.1) is 0 Å². The number of ether oxygens (including phenoxy) is 1. The van der Waals surface area contributed by atoms with Gasteiger partial charge in [-0.05, 0) is 19.2 Å². The molecule has 1 heterocycles. The van der Waals surface area contributed by atoms with Crippen LogP contribution < -0.4 is 10.1 Å². The summed E-state index contributed by atoms with van der Waals surface area (Å²) in [4.78, 5) is 0. The minimum absolute atomic E-state index is 0.224. The average molecular weight is 231 g/mol. The van der Waals surface area contributed by atoms with Crippen molar-refractivity contribution in [2.45, 2.75) is 12.1 Å². The number of hydrogen-bond acceptors (Lipinski definition) is 2. The highest BCUT2D eigenvalue weighted by Crippen LogP contribution is 2.42. The van der Waals surface area contributed by atoms with Gasteiger partial charge in [0.15, 0.2) is 0 Å². The summed E-state index contributed by atoms with van der Waals surface area (Å²) in [7, 11) is 1.72. The van der Waals surface area contributed by atoms with Crippen molar-refractivity contribution in [3.05, 3.63) is 29.3 Å². The number of nitrogens with one attached hydrogen (secondary N) is 1. The molecule has 1 aliphatic heterocycles. The molecular weight excluding hydrogens is 219 g/mol. The van der Waals surface area contributed by atoms with Gasteiger partial charge in [0.05, 0.1) is 12.2 Å². The van der Waals surface area contributed by atoms with Gasteiger partial charge in [0, 0.05) is 18.0 Å². The second kappa shape index (κ2) is 3.97. The third-order valence-corrected chi connectivity index (χ3v) is 2.67. The Hall–Kier alpha value is -1.23. The lowest BCUT2D eigenvalue weighted by atomic mass is 9.95. The van der Waals surface area contributed by atoms with Crippen molar-refractivity contribution in [3.8, 4) is 5.75 Å². The van der Waals surface area contributed by atoms with E-state index in [-0.39, 0.29) is 11.5 Å². The normalized spacial score (nSPS) is 19.4. The van der Waals surface area contributed by atoms with Crippen molar-refractivity contribution in [2.24, 2.45) is 0 Å². The average Bonchev–Trinajstić information content (AvgIpc) is 2.61. The largest absolute Gasteiger partial charge is 0.493 e. The summed E-state index contributed by atoms with van der Waals surface area (Å²) in [6.07, 6.45) is -4.31. The number of rotatable bonds is 2. The molecule has 0 saturated carbocycles. The predicted octanol–water partition coefficient (Wildman–Crippen LogP) is 2.40. The van der Waals surface area contributed by atoms with Crippen LogP contribution in [0.2, 0.25) is 0 Å². The van der Waals surface area contributed by atoms with Gasteiger partial charge in [-0.3, -0.25) is 0 Å². The quantitative estimate of drug-likeness (QED) is 0.843. The van der Waals surface area contributed by atoms with Gasteiger partial charge in [-0.2, -0.15) is 13.2 Å². The van der Waals surface area contributed by atoms with Crippen molar-refractivity contribution in [3.63, 3.8) is 0 Å². The van der Waals surface area contributed by atoms with E-state index in [2.05, 4.69) is 5.32 Å². The Morgan fingerprint density at radius 2 is 2.19 bits per heavy atom. The minimum atomic E-state index is -4.31. The topological polar surface area (TPSA) is 21.3 Å². The molecule has 0 bridgehead atoms. The first-order valence-corrected chi connectivity index (χ1v) is 5.01. The second-order valence-corrected chi connectivity index (χ2v) is 3.78. The van der Waals surface area contributed by atoms with Gasteiger partial charge in [0.2, 0.25) is 0 Å². The molecule has 1 aliphatic rings. The number of alkyl halides is 3. The van der Waals surface area contributed by atoms with E-state index in [1.165, 1.54) is 6.07 Å². The van der Waals surface area contributed by atoms with E-state index in [1.807, 2.05) is 0 Å². The fraction of sp³-hybridized carbons (Fsp3) is 0.455. The highest BCUT2D eigenvalue weighted by atomic mass is 19.4. The molecule has 0 spiro atoms. The Balaban J connectivity index is 2.45. The van der Waals surface area contributed by atoms with E-state index in [0.29, 0.717) is 18.9 Å². The summed E-state index contributed by atoms with van der Waals surface area (Å²) in [5.41, 5.74) is -0.299. The minimum Gasteiger partial charge on any atom is -0.493 e. The summed E-state index contributed by atoms with van der Waals surface area (Å²) in [6, 6.07) is 4.07. The van der Waals surface area contributed by atoms with E-state index >= 15 is 0 Å². The van der Waals surface area contributed by atoms with Crippen LogP contribution in [-0.2, 0) is 6.18 Å². The fourth-order valence-corrected chi connectivity index (χ4v) is 2.02. The molecule has 1 N–H and O–H groups in total. The number of likely N-dealkylation sites (N-methyl/N-ethyl adjacent to an activating group) is 1. The first-order valence-electron chi connectivity index (χ1n) is 5.01. The first kappa shape index (κ1) is 11.3. The number of halogens is 3. The third-order valence-electron chi connectivity index (χ3n) is 2.67. The molecule has 1 aromatic carbocycles. The molecule has 0 amide bonds. The molecule has 2 nitrogen and oxygen atoms in total. The molecule has 1 aromatic rings. The zero-order chi connectivity index (χ0) is 11.8. The summed E-state index contributed by atoms with van der Waals surface area (Å²) >= 11 is 0. The van der Waals surface area contributed by atoms with Crippen LogP contribution in [0.25, 0.3) is 0 Å². The molecule has 0 saturated heterocycles. The third kappa shape index (κ3) is 1.87. The van der Waals surface area contributed by atoms with Gasteiger partial charge in [-0.25, -0.2) is 0 Å². The summed E-state index contributed by atoms with van der Waals surface area (Å²) in [5, 5.41) is 2.88. The Labute approximate surface area is 91.4 Å². The molecule has 0 fully saturated rings. The maximum Gasteiger partial charge on any atom is 0.416 e. The van der Waals surface area contributed by atoms with Crippen LogP contribution in [0.5, 0.6) is 5.75 Å². The number of fused-ring (bicyclic) bond motifs is 1. The Bertz CT molecular complexity index is 387. The highest BCUT2D eigenvalue weighted by Gasteiger charge is 2.39. The predicted molar refractivity (Wildman–Crippen MR) is 53.6 cm³/mol. The zero-order valence-electron chi connectivity index (χ0n) is 8.77. The molecule has 0 aromatic heterocycles. The fourth-order valence-electron chi connectivity index (χ4n) is 2.02. The van der Waals surface area contributed by atoms with Crippen molar-refractivity contribution < 1.29 is 17.9 Å². The van der Waals surface area contributed by atoms with Crippen LogP contribution in [0.3, 0.4) is 0 Å². The number of hydrogen-bond donors (Lipinski definition) is 1. The lowest BCUT2D eigenvalue weighted by Gasteiger charge is -2.14. The van der Waals surface area contributed by atoms with Crippen molar-refractivity contribution in [2.75, 3.05) is 20.2 Å². The van der Waals surface area contributed by atoms with E-state index in [1.54, 1.807) is 13.1 Å². The van der Waals surface area contributed by atoms with Gasteiger partial charge in [0.25, 0.3) is 0 Å². The summed E-state index contributed by atoms with van der Waals surface area (Å²) in [5.74, 6) is 0.132. The molecule has 2 rings (SSSR count). The van der Waals surface area contributed by atoms with Gasteiger partial charge in [0.1, 0.15) is 5.75 Å². The lowest BCUT2D eigenvalue weighted by Crippen LogP contribution is -2.20. The SMILES string of the molecule is CNCC1COc2cccc(C(F)(F)F)c21. The first-order chi connectivity index (χ1) is 7.54. The summed E-state index contributed by atoms with van der Waals surface area (Å²) in [6.45, 7) is 0.795. The standard InChI is InChI=1S/C11H12F3NO/c1-15-5-7-6-16-9-4-2-3-8(10(7)9)11(12,13)14/h2-4,7,15H,5-6H2,1H3. The molecular formula is C11H12F3NO. The Morgan fingerprint density at radius 3 is 2.81 bits per heavy atom. The van der Waals surface area contributed by atoms with Crippen molar-refractivity contribution in [1.82, 2.24) is 5.32 Å². The maximum absolute atomic E-state index is 12.8. The van der Waals surface area contributed by atoms with Crippen LogP contribution >= 0.6 is 0 Å². The highest BCUT2D eigenvalue weighted by molar-refractivity contribution is 5.47. The molecule has 88 valence electrons. The smallest absolute Gasteiger partial charge is 0.416 e. The maximum atomic E-state index is 12.8. The monoisotopic (exact) mass is 231 g/mol. The lowest BCUT2D eigenvalue weighted by molar-refractivity contribution is -0.138. The van der Waals surface area contributed by atoms with Gasteiger partial charge >= 0.3 is 6.18 Å². The van der Waals surface area contributed by atoms with E-state index in [9.17, 15) is 13.2 Å². The molecule has 0 aliphatic carbocycles. The van der Waals surface area contributed by atoms with Crippen LogP contribution in [-0.4, -0.2) is 20.2 Å². The van der Waals surface area contributed by atoms with Crippen LogP contribution in [0.15, 0.2) is 18.2 Å². The zero-order valence-corrected chi connectivity index (χ0v) is 8.77. The molecule has 1 unspecified atom stereocenters. The molecule has 0 radical (unpaired) electrons. The van der Waals surface area contributed by atoms with Crippen molar-refractivity contribution >= 4 is 0 Å². The molecule has 5 heteroatoms.